The van der Waals surface area contributed by atoms with Crippen molar-refractivity contribution >= 4 is 23.4 Å². The number of carbonyl (C=O) groups excluding carboxylic acids is 1. The number of anilines is 1. The van der Waals surface area contributed by atoms with Gasteiger partial charge in [0.05, 0.1) is 0 Å². The second-order valence-electron chi connectivity index (χ2n) is 5.40. The number of rotatable bonds is 4. The Kier molecular flexibility index (Phi) is 5.11. The Hall–Kier alpha value is -1.36. The zero-order chi connectivity index (χ0) is 14.6. The summed E-state index contributed by atoms with van der Waals surface area (Å²) in [7, 11) is 0. The molecule has 0 heterocycles. The number of benzene rings is 1. The van der Waals surface area contributed by atoms with Gasteiger partial charge in [0, 0.05) is 17.7 Å². The molecule has 4 nitrogen and oxygen atoms in total. The summed E-state index contributed by atoms with van der Waals surface area (Å²) in [5.41, 5.74) is 0.514. The molecule has 3 N–H and O–H groups in total. The lowest BCUT2D eigenvalue weighted by Crippen LogP contribution is -2.15. The Balaban J connectivity index is 3.04. The van der Waals surface area contributed by atoms with E-state index < -0.39 is 0 Å². The third-order valence-electron chi connectivity index (χ3n) is 2.76. The van der Waals surface area contributed by atoms with Crippen LogP contribution in [0.5, 0.6) is 11.5 Å². The zero-order valence-electron chi connectivity index (χ0n) is 11.8. The summed E-state index contributed by atoms with van der Waals surface area (Å²) in [5.74, 6) is 0.297. The second kappa shape index (κ2) is 6.19. The molecule has 19 heavy (non-hydrogen) atoms. The fraction of sp³-hybridized carbons (Fsp3) is 0.500. The number of phenolic OH excluding ortho intramolecular Hbond substituents is 2. The van der Waals surface area contributed by atoms with Gasteiger partial charge in [0.15, 0.2) is 0 Å². The zero-order valence-corrected chi connectivity index (χ0v) is 12.6. The highest BCUT2D eigenvalue weighted by Crippen LogP contribution is 2.41. The maximum atomic E-state index is 11.7. The van der Waals surface area contributed by atoms with Crippen molar-refractivity contribution < 1.29 is 15.0 Å². The molecule has 0 spiro atoms. The van der Waals surface area contributed by atoms with Crippen LogP contribution < -0.4 is 5.32 Å². The van der Waals surface area contributed by atoms with Crippen LogP contribution in [0.1, 0.15) is 32.8 Å². The smallest absolute Gasteiger partial charge is 0.225 e. The van der Waals surface area contributed by atoms with E-state index in [0.29, 0.717) is 17.7 Å². The van der Waals surface area contributed by atoms with Gasteiger partial charge >= 0.3 is 0 Å². The van der Waals surface area contributed by atoms with Gasteiger partial charge in [-0.2, -0.15) is 11.8 Å². The van der Waals surface area contributed by atoms with Crippen molar-refractivity contribution in [3.8, 4) is 11.5 Å². The minimum atomic E-state index is -0.267. The number of phenols is 2. The molecule has 0 aromatic heterocycles. The molecule has 0 saturated heterocycles. The number of carbonyl (C=O) groups is 1. The summed E-state index contributed by atoms with van der Waals surface area (Å²) < 4.78 is 0. The van der Waals surface area contributed by atoms with Crippen LogP contribution in [0.25, 0.3) is 0 Å². The molecule has 1 aromatic carbocycles. The lowest BCUT2D eigenvalue weighted by Gasteiger charge is -2.22. The van der Waals surface area contributed by atoms with E-state index in [1.165, 1.54) is 6.07 Å². The quantitative estimate of drug-likeness (QED) is 0.743. The maximum absolute atomic E-state index is 11.7. The molecule has 1 aromatic rings. The Morgan fingerprint density at radius 2 is 1.95 bits per heavy atom. The molecule has 0 bridgehead atoms. The van der Waals surface area contributed by atoms with E-state index in [9.17, 15) is 15.0 Å². The first-order valence-electron chi connectivity index (χ1n) is 6.11. The number of amides is 1. The van der Waals surface area contributed by atoms with Gasteiger partial charge in [-0.25, -0.2) is 0 Å². The predicted octanol–water partition coefficient (Wildman–Crippen LogP) is 3.09. The number of hydrogen-bond donors (Lipinski definition) is 3. The SMILES string of the molecule is CSCCC(=O)Nc1c(O)ccc(C(C)(C)C)c1O. The molecule has 5 heteroatoms. The van der Waals surface area contributed by atoms with Gasteiger partial charge < -0.3 is 15.5 Å². The van der Waals surface area contributed by atoms with E-state index in [1.54, 1.807) is 17.8 Å². The van der Waals surface area contributed by atoms with E-state index in [1.807, 2.05) is 27.0 Å². The van der Waals surface area contributed by atoms with Crippen molar-refractivity contribution in [2.75, 3.05) is 17.3 Å². The van der Waals surface area contributed by atoms with Gasteiger partial charge in [-0.05, 0) is 17.7 Å². The van der Waals surface area contributed by atoms with Crippen LogP contribution in [0.15, 0.2) is 12.1 Å². The topological polar surface area (TPSA) is 69.6 Å². The van der Waals surface area contributed by atoms with E-state index in [-0.39, 0.29) is 28.5 Å². The molecule has 0 aliphatic rings. The molecule has 0 saturated carbocycles. The van der Waals surface area contributed by atoms with Crippen molar-refractivity contribution in [2.45, 2.75) is 32.6 Å². The molecule has 0 fully saturated rings. The molecule has 1 amide bonds. The molecular weight excluding hydrogens is 262 g/mol. The van der Waals surface area contributed by atoms with Crippen LogP contribution in [0.3, 0.4) is 0 Å². The highest BCUT2D eigenvalue weighted by atomic mass is 32.2. The molecular formula is C14H21NO3S. The second-order valence-corrected chi connectivity index (χ2v) is 6.38. The predicted molar refractivity (Wildman–Crippen MR) is 80.1 cm³/mol. The molecule has 106 valence electrons. The summed E-state index contributed by atoms with van der Waals surface area (Å²) in [5, 5.41) is 22.5. The number of nitrogens with one attached hydrogen (secondary N) is 1. The Morgan fingerprint density at radius 1 is 1.32 bits per heavy atom. The molecule has 0 atom stereocenters. The van der Waals surface area contributed by atoms with Crippen LogP contribution in [-0.4, -0.2) is 28.1 Å². The van der Waals surface area contributed by atoms with Crippen molar-refractivity contribution in [2.24, 2.45) is 0 Å². The number of aromatic hydroxyl groups is 2. The van der Waals surface area contributed by atoms with Crippen LogP contribution in [0.4, 0.5) is 5.69 Å². The first kappa shape index (κ1) is 15.7. The van der Waals surface area contributed by atoms with Gasteiger partial charge in [-0.3, -0.25) is 4.79 Å². The first-order valence-corrected chi connectivity index (χ1v) is 7.51. The van der Waals surface area contributed by atoms with Crippen LogP contribution in [0.2, 0.25) is 0 Å². The lowest BCUT2D eigenvalue weighted by molar-refractivity contribution is -0.115. The molecule has 0 aliphatic carbocycles. The van der Waals surface area contributed by atoms with Gasteiger partial charge in [0.2, 0.25) is 5.91 Å². The fourth-order valence-electron chi connectivity index (χ4n) is 1.71. The minimum absolute atomic E-state index is 0.0648. The monoisotopic (exact) mass is 283 g/mol. The molecule has 0 aliphatic heterocycles. The largest absolute Gasteiger partial charge is 0.506 e. The van der Waals surface area contributed by atoms with E-state index in [4.69, 9.17) is 0 Å². The van der Waals surface area contributed by atoms with Crippen LogP contribution in [0, 0.1) is 0 Å². The Bertz CT molecular complexity index is 466. The van der Waals surface area contributed by atoms with Crippen molar-refractivity contribution in [3.05, 3.63) is 17.7 Å². The molecule has 0 radical (unpaired) electrons. The highest BCUT2D eigenvalue weighted by molar-refractivity contribution is 7.98. The summed E-state index contributed by atoms with van der Waals surface area (Å²) in [6, 6.07) is 3.16. The summed E-state index contributed by atoms with van der Waals surface area (Å²) >= 11 is 1.57. The highest BCUT2D eigenvalue weighted by Gasteiger charge is 2.22. The lowest BCUT2D eigenvalue weighted by atomic mass is 9.86. The van der Waals surface area contributed by atoms with E-state index in [0.717, 1.165) is 0 Å². The third-order valence-corrected chi connectivity index (χ3v) is 3.37. The third kappa shape index (κ3) is 4.06. The molecule has 1 rings (SSSR count). The van der Waals surface area contributed by atoms with Gasteiger partial charge in [-0.1, -0.05) is 26.8 Å². The average molecular weight is 283 g/mol. The number of hydrogen-bond acceptors (Lipinski definition) is 4. The normalized spacial score (nSPS) is 11.4. The fourth-order valence-corrected chi connectivity index (χ4v) is 2.10. The van der Waals surface area contributed by atoms with Crippen molar-refractivity contribution in [1.82, 2.24) is 0 Å². The summed E-state index contributed by atoms with van der Waals surface area (Å²) in [6.45, 7) is 5.87. The molecule has 0 unspecified atom stereocenters. The maximum Gasteiger partial charge on any atom is 0.225 e. The summed E-state index contributed by atoms with van der Waals surface area (Å²) in [4.78, 5) is 11.7. The van der Waals surface area contributed by atoms with Crippen LogP contribution >= 0.6 is 11.8 Å². The first-order chi connectivity index (χ1) is 8.77. The van der Waals surface area contributed by atoms with E-state index in [2.05, 4.69) is 5.32 Å². The minimum Gasteiger partial charge on any atom is -0.506 e. The van der Waals surface area contributed by atoms with Crippen LogP contribution in [-0.2, 0) is 10.2 Å². The van der Waals surface area contributed by atoms with E-state index >= 15 is 0 Å². The van der Waals surface area contributed by atoms with Crippen molar-refractivity contribution in [1.29, 1.82) is 0 Å². The van der Waals surface area contributed by atoms with Gasteiger partial charge in [0.1, 0.15) is 17.2 Å². The van der Waals surface area contributed by atoms with Gasteiger partial charge in [-0.15, -0.1) is 0 Å². The Labute approximate surface area is 118 Å². The number of thioether (sulfide) groups is 1. The standard InChI is InChI=1S/C14H21NO3S/c1-14(2,3)9-5-6-10(16)12(13(9)18)15-11(17)7-8-19-4/h5-6,16,18H,7-8H2,1-4H3,(H,15,17). The van der Waals surface area contributed by atoms with Gasteiger partial charge in [0.25, 0.3) is 0 Å². The average Bonchev–Trinajstić information content (AvgIpc) is 2.30. The summed E-state index contributed by atoms with van der Waals surface area (Å²) in [6.07, 6.45) is 2.27. The Morgan fingerprint density at radius 3 is 2.47 bits per heavy atom. The van der Waals surface area contributed by atoms with Crippen molar-refractivity contribution in [3.63, 3.8) is 0 Å².